The van der Waals surface area contributed by atoms with Crippen molar-refractivity contribution in [3.8, 4) is 0 Å². The molecule has 0 bridgehead atoms. The molecule has 1 aliphatic carbocycles. The van der Waals surface area contributed by atoms with Gasteiger partial charge in [-0.15, -0.1) is 0 Å². The van der Waals surface area contributed by atoms with Gasteiger partial charge < -0.3 is 4.90 Å². The van der Waals surface area contributed by atoms with E-state index in [0.717, 1.165) is 0 Å². The highest BCUT2D eigenvalue weighted by atomic mass is 28.3. The minimum Gasteiger partial charge on any atom is -0.377 e. The van der Waals surface area contributed by atoms with Crippen LogP contribution in [0.2, 0.25) is 6.55 Å². The zero-order valence-electron chi connectivity index (χ0n) is 29.4. The van der Waals surface area contributed by atoms with Gasteiger partial charge in [-0.05, 0) is 71.9 Å². The molecule has 246 valence electrons. The fourth-order valence-electron chi connectivity index (χ4n) is 9.34. The van der Waals surface area contributed by atoms with Crippen molar-refractivity contribution in [1.29, 1.82) is 0 Å². The van der Waals surface area contributed by atoms with Gasteiger partial charge in [0.1, 0.15) is 8.07 Å². The Morgan fingerprint density at radius 2 is 0.980 bits per heavy atom. The highest BCUT2D eigenvalue weighted by Gasteiger charge is 2.54. The molecule has 1 heterocycles. The molecular formula is C49H41NSi. The molecule has 1 nitrogen and oxygen atoms in total. The van der Waals surface area contributed by atoms with Gasteiger partial charge in [0.2, 0.25) is 0 Å². The summed E-state index contributed by atoms with van der Waals surface area (Å²) in [5.74, 6) is 0.0783. The van der Waals surface area contributed by atoms with Gasteiger partial charge in [-0.25, -0.2) is 0 Å². The first-order valence-electron chi connectivity index (χ1n) is 18.1. The molecule has 1 aliphatic heterocycles. The van der Waals surface area contributed by atoms with Crippen LogP contribution in [0.4, 0.5) is 5.69 Å². The quantitative estimate of drug-likeness (QED) is 0.159. The third kappa shape index (κ3) is 4.89. The van der Waals surface area contributed by atoms with Crippen LogP contribution in [0.3, 0.4) is 0 Å². The molecular weight excluding hydrogens is 631 g/mol. The number of hydrogen-bond donors (Lipinski definition) is 0. The van der Waals surface area contributed by atoms with Crippen LogP contribution in [0.15, 0.2) is 188 Å². The number of fused-ring (bicyclic) bond motifs is 3. The molecule has 9 rings (SSSR count). The van der Waals surface area contributed by atoms with E-state index in [1.165, 1.54) is 76.9 Å². The largest absolute Gasteiger partial charge is 0.377 e. The molecule has 3 unspecified atom stereocenters. The average molecular weight is 672 g/mol. The van der Waals surface area contributed by atoms with Crippen LogP contribution in [-0.4, -0.2) is 22.2 Å². The van der Waals surface area contributed by atoms with Gasteiger partial charge in [0.05, 0.1) is 0 Å². The second-order valence-electron chi connectivity index (χ2n) is 14.4. The van der Waals surface area contributed by atoms with Gasteiger partial charge in [-0.3, -0.25) is 0 Å². The van der Waals surface area contributed by atoms with E-state index in [1.54, 1.807) is 0 Å². The van der Waals surface area contributed by atoms with Crippen LogP contribution >= 0.6 is 0 Å². The number of allylic oxidation sites excluding steroid dienone is 4. The maximum absolute atomic E-state index is 2.69. The topological polar surface area (TPSA) is 3.24 Å². The molecule has 0 fully saturated rings. The van der Waals surface area contributed by atoms with E-state index < -0.39 is 8.07 Å². The number of anilines is 1. The number of benzene rings is 7. The maximum Gasteiger partial charge on any atom is 0.128 e. The minimum absolute atomic E-state index is 0.0783. The Labute approximate surface area is 302 Å². The predicted molar refractivity (Wildman–Crippen MR) is 221 cm³/mol. The van der Waals surface area contributed by atoms with Crippen molar-refractivity contribution < 1.29 is 0 Å². The first kappa shape index (κ1) is 31.3. The highest BCUT2D eigenvalue weighted by Crippen LogP contribution is 2.62. The van der Waals surface area contributed by atoms with Crippen LogP contribution in [0.5, 0.6) is 0 Å². The van der Waals surface area contributed by atoms with Crippen molar-refractivity contribution in [3.05, 3.63) is 215 Å². The summed E-state index contributed by atoms with van der Waals surface area (Å²) < 4.78 is 0. The molecule has 0 spiro atoms. The zero-order chi connectivity index (χ0) is 34.5. The molecule has 2 heteroatoms. The van der Waals surface area contributed by atoms with Crippen molar-refractivity contribution >= 4 is 51.6 Å². The van der Waals surface area contributed by atoms with Crippen LogP contribution in [0, 0.1) is 0 Å². The van der Waals surface area contributed by atoms with E-state index in [2.05, 4.69) is 208 Å². The first-order chi connectivity index (χ1) is 25.1. The number of nitrogens with zero attached hydrogens (tertiary/aromatic N) is 1. The van der Waals surface area contributed by atoms with Crippen LogP contribution in [0.1, 0.15) is 39.3 Å². The van der Waals surface area contributed by atoms with Crippen molar-refractivity contribution in [2.45, 2.75) is 18.0 Å². The zero-order valence-corrected chi connectivity index (χ0v) is 30.4. The molecule has 51 heavy (non-hydrogen) atoms. The van der Waals surface area contributed by atoms with Crippen molar-refractivity contribution in [3.63, 3.8) is 0 Å². The van der Waals surface area contributed by atoms with Crippen molar-refractivity contribution in [2.75, 3.05) is 19.0 Å². The molecule has 0 N–H and O–H groups in total. The lowest BCUT2D eigenvalue weighted by molar-refractivity contribution is 1.07. The van der Waals surface area contributed by atoms with E-state index in [-0.39, 0.29) is 11.5 Å². The Kier molecular flexibility index (Phi) is 7.71. The van der Waals surface area contributed by atoms with Gasteiger partial charge in [-0.1, -0.05) is 182 Å². The molecule has 2 aliphatic rings. The summed E-state index contributed by atoms with van der Waals surface area (Å²) in [5, 5.41) is 5.69. The van der Waals surface area contributed by atoms with E-state index in [0.29, 0.717) is 0 Å². The number of rotatable bonds is 6. The molecule has 7 aromatic rings. The molecule has 0 saturated heterocycles. The van der Waals surface area contributed by atoms with Gasteiger partial charge >= 0.3 is 0 Å². The summed E-state index contributed by atoms with van der Waals surface area (Å²) in [6.07, 6.45) is 0. The SMILES string of the molecule is CN(C)c1cccc2cccc([Si]3(C)c4ccccc4C4=C(C(c5ccccc5)=C(c5ccccc5)C4c4ccccc4)C3c3ccccc3)c12. The molecule has 0 aromatic heterocycles. The molecule has 3 atom stereocenters. The smallest absolute Gasteiger partial charge is 0.128 e. The first-order valence-corrected chi connectivity index (χ1v) is 20.6. The maximum atomic E-state index is 2.66. The predicted octanol–water partition coefficient (Wildman–Crippen LogP) is 10.6. The lowest BCUT2D eigenvalue weighted by Crippen LogP contribution is -2.63. The van der Waals surface area contributed by atoms with Crippen LogP contribution in [0.25, 0.3) is 27.5 Å². The van der Waals surface area contributed by atoms with Gasteiger partial charge in [0, 0.05) is 36.6 Å². The molecule has 0 radical (unpaired) electrons. The Morgan fingerprint density at radius 1 is 0.451 bits per heavy atom. The molecule has 7 aromatic carbocycles. The molecule has 0 amide bonds. The van der Waals surface area contributed by atoms with Crippen molar-refractivity contribution in [1.82, 2.24) is 0 Å². The van der Waals surface area contributed by atoms with E-state index in [9.17, 15) is 0 Å². The minimum atomic E-state index is -2.69. The second-order valence-corrected chi connectivity index (χ2v) is 18.4. The van der Waals surface area contributed by atoms with Gasteiger partial charge in [-0.2, -0.15) is 0 Å². The Morgan fingerprint density at radius 3 is 1.63 bits per heavy atom. The Balaban J connectivity index is 1.49. The standard InChI is InChI=1S/C49H41NSi/c1-50(2)40-31-18-28-34-29-19-33-42(43(34)40)51(3)41-32-17-16-30-39(41)47-45(36-22-10-5-11-23-36)44(35-20-8-4-9-21-35)46(37-24-12-6-13-25-37)48(47)49(51)38-26-14-7-15-27-38/h4-33,45,49H,1-3H3. The van der Waals surface area contributed by atoms with E-state index in [4.69, 9.17) is 0 Å². The lowest BCUT2D eigenvalue weighted by Gasteiger charge is -2.45. The lowest BCUT2D eigenvalue weighted by atomic mass is 9.81. The summed E-state index contributed by atoms with van der Waals surface area (Å²) in [4.78, 5) is 2.30. The Bertz CT molecular complexity index is 2440. The normalized spacial score (nSPS) is 19.6. The number of hydrogen-bond acceptors (Lipinski definition) is 1. The van der Waals surface area contributed by atoms with Crippen molar-refractivity contribution in [2.24, 2.45) is 0 Å². The highest BCUT2D eigenvalue weighted by molar-refractivity contribution is 7.05. The van der Waals surface area contributed by atoms with Crippen LogP contribution in [-0.2, 0) is 0 Å². The van der Waals surface area contributed by atoms with E-state index >= 15 is 0 Å². The monoisotopic (exact) mass is 671 g/mol. The summed E-state index contributed by atoms with van der Waals surface area (Å²) >= 11 is 0. The third-order valence-corrected chi connectivity index (χ3v) is 16.3. The fourth-order valence-corrected chi connectivity index (χ4v) is 14.4. The van der Waals surface area contributed by atoms with Crippen LogP contribution < -0.4 is 15.3 Å². The summed E-state index contributed by atoms with van der Waals surface area (Å²) in [6, 6.07) is 68.4. The fraction of sp³-hybridized carbons (Fsp3) is 0.102. The summed E-state index contributed by atoms with van der Waals surface area (Å²) in [7, 11) is 1.68. The third-order valence-electron chi connectivity index (χ3n) is 11.4. The van der Waals surface area contributed by atoms with Gasteiger partial charge in [0.15, 0.2) is 0 Å². The average Bonchev–Trinajstić information content (AvgIpc) is 3.54. The summed E-state index contributed by atoms with van der Waals surface area (Å²) in [5.41, 5.74) is 13.9. The van der Waals surface area contributed by atoms with E-state index in [1.807, 2.05) is 0 Å². The molecule has 0 saturated carbocycles. The Hall–Kier alpha value is -5.70. The second kappa shape index (κ2) is 12.6. The van der Waals surface area contributed by atoms with Gasteiger partial charge in [0.25, 0.3) is 0 Å². The summed E-state index contributed by atoms with van der Waals surface area (Å²) in [6.45, 7) is 2.66.